The van der Waals surface area contributed by atoms with Gasteiger partial charge in [-0.25, -0.2) is 4.52 Å². The van der Waals surface area contributed by atoms with Crippen LogP contribution in [0.5, 0.6) is 5.75 Å². The van der Waals surface area contributed by atoms with Gasteiger partial charge in [-0.1, -0.05) is 0 Å². The van der Waals surface area contributed by atoms with Crippen LogP contribution in [0.1, 0.15) is 55.8 Å². The van der Waals surface area contributed by atoms with Crippen LogP contribution in [0.15, 0.2) is 36.5 Å². The highest BCUT2D eigenvalue weighted by Crippen LogP contribution is 2.32. The molecule has 0 bridgehead atoms. The molecule has 0 spiro atoms. The molecule has 0 unspecified atom stereocenters. The van der Waals surface area contributed by atoms with E-state index < -0.39 is 5.60 Å². The van der Waals surface area contributed by atoms with E-state index in [0.717, 1.165) is 62.9 Å². The van der Waals surface area contributed by atoms with E-state index in [1.54, 1.807) is 11.6 Å². The first-order valence-corrected chi connectivity index (χ1v) is 12.8. The van der Waals surface area contributed by atoms with Crippen molar-refractivity contribution >= 4 is 28.8 Å². The number of piperidine rings is 1. The van der Waals surface area contributed by atoms with Crippen molar-refractivity contribution in [2.75, 3.05) is 37.9 Å². The van der Waals surface area contributed by atoms with E-state index in [1.165, 1.54) is 0 Å². The van der Waals surface area contributed by atoms with Crippen molar-refractivity contribution < 1.29 is 14.6 Å². The molecule has 3 heterocycles. The van der Waals surface area contributed by atoms with Gasteiger partial charge in [-0.05, 0) is 95.9 Å². The highest BCUT2D eigenvalue weighted by molar-refractivity contribution is 5.99. The number of ketones is 1. The average Bonchev–Trinajstić information content (AvgIpc) is 3.35. The largest absolute Gasteiger partial charge is 0.495 e. The summed E-state index contributed by atoms with van der Waals surface area (Å²) < 4.78 is 7.42. The molecule has 192 valence electrons. The van der Waals surface area contributed by atoms with E-state index in [0.29, 0.717) is 22.9 Å². The molecule has 1 aromatic carbocycles. The number of likely N-dealkylation sites (tertiary alicyclic amines) is 1. The third-order valence-corrected chi connectivity index (χ3v) is 7.62. The summed E-state index contributed by atoms with van der Waals surface area (Å²) in [7, 11) is 3.70. The summed E-state index contributed by atoms with van der Waals surface area (Å²) in [5.41, 5.74) is 1.68. The van der Waals surface area contributed by atoms with Gasteiger partial charge in [0.2, 0.25) is 5.95 Å². The first-order valence-electron chi connectivity index (χ1n) is 12.8. The van der Waals surface area contributed by atoms with E-state index in [2.05, 4.69) is 27.7 Å². The number of aromatic nitrogens is 3. The summed E-state index contributed by atoms with van der Waals surface area (Å²) in [6, 6.07) is 9.69. The minimum absolute atomic E-state index is 0.0568. The van der Waals surface area contributed by atoms with Gasteiger partial charge in [0.25, 0.3) is 0 Å². The van der Waals surface area contributed by atoms with Gasteiger partial charge in [0.15, 0.2) is 11.6 Å². The van der Waals surface area contributed by atoms with Crippen LogP contribution < -0.4 is 15.4 Å². The Bertz CT molecular complexity index is 1220. The molecule has 9 nitrogen and oxygen atoms in total. The number of benzene rings is 1. The Balaban J connectivity index is 1.35. The van der Waals surface area contributed by atoms with Gasteiger partial charge in [0.05, 0.1) is 18.4 Å². The number of carbonyl (C=O) groups is 1. The molecular formula is C27H36N6O3. The second kappa shape index (κ2) is 10.1. The van der Waals surface area contributed by atoms with Crippen molar-refractivity contribution in [2.45, 2.75) is 57.1 Å². The van der Waals surface area contributed by atoms with E-state index in [9.17, 15) is 9.90 Å². The predicted molar refractivity (Wildman–Crippen MR) is 140 cm³/mol. The second-order valence-electron chi connectivity index (χ2n) is 10.5. The molecule has 0 radical (unpaired) electrons. The van der Waals surface area contributed by atoms with E-state index in [-0.39, 0.29) is 17.7 Å². The lowest BCUT2D eigenvalue weighted by molar-refractivity contribution is 0.0196. The summed E-state index contributed by atoms with van der Waals surface area (Å²) in [6.07, 6.45) is 6.95. The van der Waals surface area contributed by atoms with Gasteiger partial charge in [-0.15, -0.1) is 5.10 Å². The molecule has 9 heteroatoms. The number of hydrogen-bond donors (Lipinski definition) is 3. The molecule has 3 aromatic rings. The zero-order valence-corrected chi connectivity index (χ0v) is 21.3. The molecule has 5 rings (SSSR count). The van der Waals surface area contributed by atoms with Gasteiger partial charge in [-0.2, -0.15) is 4.98 Å². The molecule has 0 atom stereocenters. The zero-order valence-electron chi connectivity index (χ0n) is 21.3. The molecule has 2 aromatic heterocycles. The van der Waals surface area contributed by atoms with Crippen molar-refractivity contribution in [2.24, 2.45) is 5.92 Å². The first kappa shape index (κ1) is 24.5. The Morgan fingerprint density at radius 1 is 1.17 bits per heavy atom. The second-order valence-corrected chi connectivity index (χ2v) is 10.5. The molecule has 1 aliphatic heterocycles. The summed E-state index contributed by atoms with van der Waals surface area (Å²) in [6.45, 7) is 3.80. The maximum Gasteiger partial charge on any atom is 0.247 e. The fourth-order valence-electron chi connectivity index (χ4n) is 5.25. The first-order chi connectivity index (χ1) is 17.3. The Hall–Kier alpha value is -3.17. The van der Waals surface area contributed by atoms with E-state index in [4.69, 9.17) is 9.72 Å². The quantitative estimate of drug-likeness (QED) is 0.424. The number of fused-ring (bicyclic) bond motifs is 1. The van der Waals surface area contributed by atoms with Gasteiger partial charge >= 0.3 is 0 Å². The number of Topliss-reactive ketones (excluding diaryl/α,β-unsaturated/α-hetero) is 1. The van der Waals surface area contributed by atoms with Crippen LogP contribution in [0.3, 0.4) is 0 Å². The lowest BCUT2D eigenvalue weighted by Gasteiger charge is -2.33. The molecule has 1 aliphatic carbocycles. The minimum atomic E-state index is -0.585. The lowest BCUT2D eigenvalue weighted by Crippen LogP contribution is -2.36. The lowest BCUT2D eigenvalue weighted by atomic mass is 9.84. The number of hydrogen-bond acceptors (Lipinski definition) is 8. The van der Waals surface area contributed by atoms with Crippen LogP contribution in [0, 0.1) is 5.92 Å². The standard InChI is InChI=1S/C27H36N6O3/c1-27(35)12-8-20(9-13-27)28-25-22-5-4-14-33(22)31-26(30-25)29-21-7-6-19(17-23(21)36-3)24(34)18-10-15-32(2)16-11-18/h4-7,14,17-18,20,35H,8-13,15-16H2,1-3H3,(H2,28,29,30,31)/t20-,27-. The topological polar surface area (TPSA) is 104 Å². The predicted octanol–water partition coefficient (Wildman–Crippen LogP) is 4.11. The molecule has 0 amide bonds. The van der Waals surface area contributed by atoms with Crippen molar-refractivity contribution in [1.82, 2.24) is 19.5 Å². The number of rotatable bonds is 7. The number of ether oxygens (including phenoxy) is 1. The molecular weight excluding hydrogens is 456 g/mol. The monoisotopic (exact) mass is 492 g/mol. The van der Waals surface area contributed by atoms with E-state index in [1.807, 2.05) is 43.5 Å². The van der Waals surface area contributed by atoms with Crippen LogP contribution in [-0.4, -0.2) is 69.3 Å². The van der Waals surface area contributed by atoms with Crippen LogP contribution in [0.4, 0.5) is 17.5 Å². The highest BCUT2D eigenvalue weighted by atomic mass is 16.5. The third kappa shape index (κ3) is 5.32. The van der Waals surface area contributed by atoms with Gasteiger partial charge in [0.1, 0.15) is 11.3 Å². The van der Waals surface area contributed by atoms with Crippen LogP contribution in [-0.2, 0) is 0 Å². The van der Waals surface area contributed by atoms with Crippen LogP contribution >= 0.6 is 0 Å². The maximum atomic E-state index is 13.1. The average molecular weight is 493 g/mol. The number of methoxy groups -OCH3 is 1. The molecule has 2 aliphatic rings. The number of aliphatic hydroxyl groups is 1. The van der Waals surface area contributed by atoms with Crippen molar-refractivity contribution in [3.63, 3.8) is 0 Å². The Morgan fingerprint density at radius 3 is 2.64 bits per heavy atom. The number of carbonyl (C=O) groups excluding carboxylic acids is 1. The maximum absolute atomic E-state index is 13.1. The van der Waals surface area contributed by atoms with Crippen molar-refractivity contribution in [3.8, 4) is 5.75 Å². The fourth-order valence-corrected chi connectivity index (χ4v) is 5.25. The zero-order chi connectivity index (χ0) is 25.3. The fraction of sp³-hybridized carbons (Fsp3) is 0.519. The summed E-state index contributed by atoms with van der Waals surface area (Å²) in [4.78, 5) is 20.1. The van der Waals surface area contributed by atoms with Gasteiger partial charge in [0, 0.05) is 23.7 Å². The van der Waals surface area contributed by atoms with Gasteiger partial charge < -0.3 is 25.4 Å². The number of nitrogens with one attached hydrogen (secondary N) is 2. The molecule has 1 saturated heterocycles. The molecule has 3 N–H and O–H groups in total. The minimum Gasteiger partial charge on any atom is -0.495 e. The number of nitrogens with zero attached hydrogens (tertiary/aromatic N) is 4. The number of anilines is 3. The Labute approximate surface area is 211 Å². The van der Waals surface area contributed by atoms with Crippen molar-refractivity contribution in [1.29, 1.82) is 0 Å². The van der Waals surface area contributed by atoms with Crippen LogP contribution in [0.2, 0.25) is 0 Å². The molecule has 1 saturated carbocycles. The summed E-state index contributed by atoms with van der Waals surface area (Å²) in [5.74, 6) is 1.99. The summed E-state index contributed by atoms with van der Waals surface area (Å²) in [5, 5.41) is 21.7. The normalized spacial score (nSPS) is 23.5. The van der Waals surface area contributed by atoms with Crippen molar-refractivity contribution in [3.05, 3.63) is 42.1 Å². The van der Waals surface area contributed by atoms with E-state index >= 15 is 0 Å². The van der Waals surface area contributed by atoms with Gasteiger partial charge in [-0.3, -0.25) is 4.79 Å². The SMILES string of the molecule is COc1cc(C(=O)C2CCN(C)CC2)ccc1Nc1nc(N[C@H]2CC[C@](C)(O)CC2)c2cccn2n1. The smallest absolute Gasteiger partial charge is 0.247 e. The third-order valence-electron chi connectivity index (χ3n) is 7.62. The molecule has 36 heavy (non-hydrogen) atoms. The Morgan fingerprint density at radius 2 is 1.92 bits per heavy atom. The summed E-state index contributed by atoms with van der Waals surface area (Å²) >= 11 is 0. The highest BCUT2D eigenvalue weighted by Gasteiger charge is 2.29. The van der Waals surface area contributed by atoms with Crippen LogP contribution in [0.25, 0.3) is 5.52 Å². The Kier molecular flexibility index (Phi) is 6.85. The molecule has 2 fully saturated rings.